The molecule has 0 atom stereocenters. The van der Waals surface area contributed by atoms with E-state index in [9.17, 15) is 4.79 Å². The molecule has 0 bridgehead atoms. The van der Waals surface area contributed by atoms with Crippen LogP contribution in [0, 0.1) is 20.8 Å². The summed E-state index contributed by atoms with van der Waals surface area (Å²) in [5.74, 6) is 0.000813. The second-order valence-corrected chi connectivity index (χ2v) is 6.45. The van der Waals surface area contributed by atoms with Gasteiger partial charge in [-0.1, -0.05) is 11.6 Å². The van der Waals surface area contributed by atoms with Gasteiger partial charge in [0.05, 0.1) is 15.6 Å². The Morgan fingerprint density at radius 2 is 2.20 bits per heavy atom. The van der Waals surface area contributed by atoms with E-state index in [2.05, 4.69) is 10.4 Å². The zero-order valence-corrected chi connectivity index (χ0v) is 13.4. The van der Waals surface area contributed by atoms with Crippen LogP contribution in [-0.2, 0) is 6.54 Å². The van der Waals surface area contributed by atoms with Crippen molar-refractivity contribution in [3.05, 3.63) is 38.3 Å². The van der Waals surface area contributed by atoms with Crippen LogP contribution in [0.25, 0.3) is 0 Å². The normalized spacial score (nSPS) is 10.8. The molecule has 0 saturated heterocycles. The number of rotatable bonds is 5. The van der Waals surface area contributed by atoms with Crippen molar-refractivity contribution in [2.45, 2.75) is 33.7 Å². The van der Waals surface area contributed by atoms with Crippen LogP contribution >= 0.6 is 22.9 Å². The van der Waals surface area contributed by atoms with Gasteiger partial charge in [-0.25, -0.2) is 0 Å². The van der Waals surface area contributed by atoms with Gasteiger partial charge in [-0.3, -0.25) is 9.48 Å². The van der Waals surface area contributed by atoms with Crippen molar-refractivity contribution in [1.82, 2.24) is 15.1 Å². The number of carbonyl (C=O) groups is 1. The Balaban J connectivity index is 1.77. The molecule has 2 aromatic heterocycles. The van der Waals surface area contributed by atoms with Crippen molar-refractivity contribution in [3.8, 4) is 0 Å². The molecule has 1 N–H and O–H groups in total. The molecule has 6 heteroatoms. The fourth-order valence-corrected chi connectivity index (χ4v) is 2.92. The molecule has 4 nitrogen and oxygen atoms in total. The van der Waals surface area contributed by atoms with Gasteiger partial charge in [0.2, 0.25) is 0 Å². The highest BCUT2D eigenvalue weighted by Crippen LogP contribution is 2.20. The fraction of sp³-hybridized carbons (Fsp3) is 0.429. The lowest BCUT2D eigenvalue weighted by Crippen LogP contribution is -2.24. The first kappa shape index (κ1) is 15.1. The van der Waals surface area contributed by atoms with Gasteiger partial charge < -0.3 is 5.32 Å². The number of aromatic nitrogens is 2. The summed E-state index contributed by atoms with van der Waals surface area (Å²) >= 11 is 7.47. The predicted octanol–water partition coefficient (Wildman–Crippen LogP) is 3.34. The molecule has 0 aromatic carbocycles. The summed E-state index contributed by atoms with van der Waals surface area (Å²) in [5, 5.41) is 7.88. The largest absolute Gasteiger partial charge is 0.351 e. The summed E-state index contributed by atoms with van der Waals surface area (Å²) in [4.78, 5) is 13.9. The minimum atomic E-state index is 0.000813. The molecular formula is C14H18ClN3OS. The first-order chi connectivity index (χ1) is 9.47. The first-order valence-corrected chi connectivity index (χ1v) is 7.71. The Hall–Kier alpha value is -1.33. The van der Waals surface area contributed by atoms with E-state index in [0.717, 1.165) is 23.5 Å². The van der Waals surface area contributed by atoms with Crippen LogP contribution in [0.4, 0.5) is 0 Å². The van der Waals surface area contributed by atoms with Crippen LogP contribution in [0.3, 0.4) is 0 Å². The third-order valence-electron chi connectivity index (χ3n) is 3.13. The van der Waals surface area contributed by atoms with E-state index in [1.165, 1.54) is 21.8 Å². The molecule has 1 amide bonds. The standard InChI is InChI=1S/C14H18ClN3OS/c1-9-7-13(20-11(9)3)14(19)16-5-4-6-18-8-12(15)10(2)17-18/h7-8H,4-6H2,1-3H3,(H,16,19). The predicted molar refractivity (Wildman–Crippen MR) is 82.7 cm³/mol. The molecule has 0 fully saturated rings. The summed E-state index contributed by atoms with van der Waals surface area (Å²) in [6, 6.07) is 1.94. The van der Waals surface area contributed by atoms with Gasteiger partial charge in [0, 0.05) is 24.2 Å². The number of hydrogen-bond donors (Lipinski definition) is 1. The minimum Gasteiger partial charge on any atom is -0.351 e. The average Bonchev–Trinajstić information content (AvgIpc) is 2.89. The number of amides is 1. The number of carbonyl (C=O) groups excluding carboxylic acids is 1. The number of aryl methyl sites for hydroxylation is 4. The minimum absolute atomic E-state index is 0.000813. The van der Waals surface area contributed by atoms with Crippen LogP contribution < -0.4 is 5.32 Å². The van der Waals surface area contributed by atoms with Gasteiger partial charge in [-0.05, 0) is 38.8 Å². The number of thiophene rings is 1. The van der Waals surface area contributed by atoms with E-state index < -0.39 is 0 Å². The lowest BCUT2D eigenvalue weighted by Gasteiger charge is -2.04. The Morgan fingerprint density at radius 1 is 1.45 bits per heavy atom. The van der Waals surface area contributed by atoms with Crippen LogP contribution in [0.15, 0.2) is 12.3 Å². The third kappa shape index (κ3) is 3.61. The first-order valence-electron chi connectivity index (χ1n) is 6.52. The van der Waals surface area contributed by atoms with Gasteiger partial charge in [-0.15, -0.1) is 11.3 Å². The molecule has 0 aliphatic carbocycles. The van der Waals surface area contributed by atoms with Crippen molar-refractivity contribution in [1.29, 1.82) is 0 Å². The van der Waals surface area contributed by atoms with E-state index in [-0.39, 0.29) is 5.91 Å². The Bertz CT molecular complexity index is 579. The van der Waals surface area contributed by atoms with Crippen LogP contribution in [-0.4, -0.2) is 22.2 Å². The molecule has 0 saturated carbocycles. The molecule has 2 heterocycles. The summed E-state index contributed by atoms with van der Waals surface area (Å²) in [6.45, 7) is 7.30. The SMILES string of the molecule is Cc1cc(C(=O)NCCCn2cc(Cl)c(C)n2)sc1C. The Labute approximate surface area is 127 Å². The quantitative estimate of drug-likeness (QED) is 0.861. The molecular weight excluding hydrogens is 294 g/mol. The van der Waals surface area contributed by atoms with Crippen molar-refractivity contribution < 1.29 is 4.79 Å². The summed E-state index contributed by atoms with van der Waals surface area (Å²) < 4.78 is 1.81. The molecule has 0 aliphatic rings. The maximum atomic E-state index is 11.9. The number of nitrogens with one attached hydrogen (secondary N) is 1. The monoisotopic (exact) mass is 311 g/mol. The van der Waals surface area contributed by atoms with Gasteiger partial charge in [-0.2, -0.15) is 5.10 Å². The van der Waals surface area contributed by atoms with Crippen molar-refractivity contribution >= 4 is 28.8 Å². The molecule has 108 valence electrons. The second kappa shape index (κ2) is 6.41. The molecule has 2 rings (SSSR count). The van der Waals surface area contributed by atoms with Gasteiger partial charge in [0.1, 0.15) is 0 Å². The maximum absolute atomic E-state index is 11.9. The molecule has 0 radical (unpaired) electrons. The Kier molecular flexibility index (Phi) is 4.83. The van der Waals surface area contributed by atoms with Gasteiger partial charge >= 0.3 is 0 Å². The number of nitrogens with zero attached hydrogens (tertiary/aromatic N) is 2. The van der Waals surface area contributed by atoms with Crippen LogP contribution in [0.1, 0.15) is 32.2 Å². The highest BCUT2D eigenvalue weighted by atomic mass is 35.5. The summed E-state index contributed by atoms with van der Waals surface area (Å²) in [7, 11) is 0. The molecule has 0 unspecified atom stereocenters. The van der Waals surface area contributed by atoms with E-state index >= 15 is 0 Å². The van der Waals surface area contributed by atoms with E-state index in [4.69, 9.17) is 11.6 Å². The molecule has 0 spiro atoms. The summed E-state index contributed by atoms with van der Waals surface area (Å²) in [6.07, 6.45) is 2.64. The van der Waals surface area contributed by atoms with E-state index in [1.54, 1.807) is 0 Å². The topological polar surface area (TPSA) is 46.9 Å². The molecule has 2 aromatic rings. The zero-order chi connectivity index (χ0) is 14.7. The van der Waals surface area contributed by atoms with E-state index in [1.807, 2.05) is 37.7 Å². The van der Waals surface area contributed by atoms with Gasteiger partial charge in [0.25, 0.3) is 5.91 Å². The number of halogens is 1. The third-order valence-corrected chi connectivity index (χ3v) is 4.65. The lowest BCUT2D eigenvalue weighted by atomic mass is 10.3. The van der Waals surface area contributed by atoms with Crippen molar-refractivity contribution in [2.24, 2.45) is 0 Å². The lowest BCUT2D eigenvalue weighted by molar-refractivity contribution is 0.0956. The number of hydrogen-bond acceptors (Lipinski definition) is 3. The maximum Gasteiger partial charge on any atom is 0.261 e. The Morgan fingerprint density at radius 3 is 2.75 bits per heavy atom. The highest BCUT2D eigenvalue weighted by Gasteiger charge is 2.09. The van der Waals surface area contributed by atoms with E-state index in [0.29, 0.717) is 11.6 Å². The fourth-order valence-electron chi connectivity index (χ4n) is 1.82. The van der Waals surface area contributed by atoms with Crippen LogP contribution in [0.2, 0.25) is 5.02 Å². The smallest absolute Gasteiger partial charge is 0.261 e. The van der Waals surface area contributed by atoms with Crippen molar-refractivity contribution in [2.75, 3.05) is 6.54 Å². The summed E-state index contributed by atoms with van der Waals surface area (Å²) in [5.41, 5.74) is 2.00. The van der Waals surface area contributed by atoms with Gasteiger partial charge in [0.15, 0.2) is 0 Å². The van der Waals surface area contributed by atoms with Crippen molar-refractivity contribution in [3.63, 3.8) is 0 Å². The second-order valence-electron chi connectivity index (χ2n) is 4.78. The highest BCUT2D eigenvalue weighted by molar-refractivity contribution is 7.14. The molecule has 20 heavy (non-hydrogen) atoms. The average molecular weight is 312 g/mol. The molecule has 0 aliphatic heterocycles. The van der Waals surface area contributed by atoms with Crippen LogP contribution in [0.5, 0.6) is 0 Å². The zero-order valence-electron chi connectivity index (χ0n) is 11.9.